The molecule has 0 spiro atoms. The van der Waals surface area contributed by atoms with E-state index in [-0.39, 0.29) is 10.7 Å². The molecule has 1 N–H and O–H groups in total. The third-order valence-electron chi connectivity index (χ3n) is 4.75. The van der Waals surface area contributed by atoms with Gasteiger partial charge in [0.05, 0.1) is 17.7 Å². The van der Waals surface area contributed by atoms with Crippen molar-refractivity contribution in [1.29, 1.82) is 0 Å². The fourth-order valence-corrected chi connectivity index (χ4v) is 4.88. The first-order valence-electron chi connectivity index (χ1n) is 9.61. The van der Waals surface area contributed by atoms with E-state index in [0.29, 0.717) is 28.0 Å². The molecule has 2 heterocycles. The summed E-state index contributed by atoms with van der Waals surface area (Å²) in [5.74, 6) is 0.713. The van der Waals surface area contributed by atoms with Crippen molar-refractivity contribution in [3.63, 3.8) is 0 Å². The zero-order chi connectivity index (χ0) is 22.7. The number of hydrogen-bond donors (Lipinski definition) is 1. The Labute approximate surface area is 184 Å². The minimum Gasteiger partial charge on any atom is -0.497 e. The van der Waals surface area contributed by atoms with E-state index >= 15 is 0 Å². The second kappa shape index (κ2) is 8.67. The number of amides is 1. The van der Waals surface area contributed by atoms with Crippen molar-refractivity contribution >= 4 is 38.2 Å². The van der Waals surface area contributed by atoms with Gasteiger partial charge in [-0.05, 0) is 43.3 Å². The van der Waals surface area contributed by atoms with Gasteiger partial charge in [0.25, 0.3) is 10.0 Å². The van der Waals surface area contributed by atoms with Gasteiger partial charge in [0, 0.05) is 29.2 Å². The van der Waals surface area contributed by atoms with Gasteiger partial charge in [-0.25, -0.2) is 8.42 Å². The Kier molecular flexibility index (Phi) is 5.78. The Morgan fingerprint density at radius 2 is 1.94 bits per heavy atom. The molecule has 4 aromatic rings. The molecule has 9 nitrogen and oxygen atoms in total. The van der Waals surface area contributed by atoms with Crippen LogP contribution in [0.5, 0.6) is 5.75 Å². The summed E-state index contributed by atoms with van der Waals surface area (Å²) in [6, 6.07) is 14.5. The topological polar surface area (TPSA) is 115 Å². The lowest BCUT2D eigenvalue weighted by molar-refractivity contribution is -0.114. The lowest BCUT2D eigenvalue weighted by atomic mass is 10.2. The third-order valence-corrected chi connectivity index (χ3v) is 6.58. The van der Waals surface area contributed by atoms with E-state index in [9.17, 15) is 13.2 Å². The number of hydrogen-bond acceptors (Lipinski definition) is 7. The number of ether oxygens (including phenoxy) is 1. The monoisotopic (exact) mass is 452 g/mol. The van der Waals surface area contributed by atoms with Crippen molar-refractivity contribution in [2.24, 2.45) is 0 Å². The summed E-state index contributed by atoms with van der Waals surface area (Å²) in [7, 11) is -2.61. The molecule has 0 saturated heterocycles. The molecule has 0 bridgehead atoms. The second-order valence-electron chi connectivity index (χ2n) is 6.93. The number of anilines is 2. The molecule has 2 aromatic heterocycles. The molecule has 0 aliphatic rings. The van der Waals surface area contributed by atoms with E-state index in [1.165, 1.54) is 19.4 Å². The number of aryl methyl sites for hydroxylation is 1. The highest BCUT2D eigenvalue weighted by molar-refractivity contribution is 7.93. The molecule has 32 heavy (non-hydrogen) atoms. The van der Waals surface area contributed by atoms with Gasteiger partial charge in [0.1, 0.15) is 18.1 Å². The molecular formula is C22H20N4O5S. The molecule has 0 unspecified atom stereocenters. The molecule has 164 valence electrons. The lowest BCUT2D eigenvalue weighted by Crippen LogP contribution is -2.38. The van der Waals surface area contributed by atoms with E-state index < -0.39 is 22.5 Å². The van der Waals surface area contributed by atoms with Gasteiger partial charge in [0.2, 0.25) is 5.91 Å². The summed E-state index contributed by atoms with van der Waals surface area (Å²) < 4.78 is 38.7. The SMILES string of the molecule is COc1ccc(N(CC(=O)Nc2cc(C)on2)S(=O)(=O)c2cccc3cnccc23)cc1. The van der Waals surface area contributed by atoms with Crippen LogP contribution in [-0.2, 0) is 14.8 Å². The van der Waals surface area contributed by atoms with E-state index in [4.69, 9.17) is 9.26 Å². The van der Waals surface area contributed by atoms with E-state index in [0.717, 1.165) is 4.31 Å². The number of carbonyl (C=O) groups excluding carboxylic acids is 1. The van der Waals surface area contributed by atoms with E-state index in [2.05, 4.69) is 15.5 Å². The molecule has 4 rings (SSSR count). The lowest BCUT2D eigenvalue weighted by Gasteiger charge is -2.24. The number of aromatic nitrogens is 2. The fraction of sp³-hybridized carbons (Fsp3) is 0.136. The van der Waals surface area contributed by atoms with Gasteiger partial charge in [-0.15, -0.1) is 0 Å². The maximum absolute atomic E-state index is 13.8. The predicted octanol–water partition coefficient (Wildman–Crippen LogP) is 3.37. The van der Waals surface area contributed by atoms with Crippen molar-refractivity contribution in [2.45, 2.75) is 11.8 Å². The average molecular weight is 452 g/mol. The van der Waals surface area contributed by atoms with Gasteiger partial charge >= 0.3 is 0 Å². The Hall–Kier alpha value is -3.92. The number of sulfonamides is 1. The summed E-state index contributed by atoms with van der Waals surface area (Å²) in [6.45, 7) is 1.22. The fourth-order valence-electron chi connectivity index (χ4n) is 3.24. The molecule has 0 atom stereocenters. The summed E-state index contributed by atoms with van der Waals surface area (Å²) in [4.78, 5) is 16.9. The van der Waals surface area contributed by atoms with Crippen LogP contribution in [0.25, 0.3) is 10.8 Å². The molecule has 2 aromatic carbocycles. The molecule has 10 heteroatoms. The van der Waals surface area contributed by atoms with Crippen molar-refractivity contribution in [3.05, 3.63) is 72.8 Å². The number of methoxy groups -OCH3 is 1. The number of nitrogens with zero attached hydrogens (tertiary/aromatic N) is 3. The van der Waals surface area contributed by atoms with Crippen LogP contribution >= 0.6 is 0 Å². The summed E-state index contributed by atoms with van der Waals surface area (Å²) >= 11 is 0. The standard InChI is InChI=1S/C22H20N4O5S/c1-15-12-21(25-31-15)24-22(27)14-26(17-6-8-18(30-2)9-7-17)32(28,29)20-5-3-4-16-13-23-11-10-19(16)20/h3-13H,14H2,1-2H3,(H,24,25,27). The number of fused-ring (bicyclic) bond motifs is 1. The maximum atomic E-state index is 13.8. The van der Waals surface area contributed by atoms with Crippen LogP contribution in [0.4, 0.5) is 11.5 Å². The first-order chi connectivity index (χ1) is 15.4. The van der Waals surface area contributed by atoms with Crippen LogP contribution in [0.15, 0.2) is 76.4 Å². The smallest absolute Gasteiger partial charge is 0.265 e. The van der Waals surface area contributed by atoms with Crippen molar-refractivity contribution in [3.8, 4) is 5.75 Å². The Morgan fingerprint density at radius 1 is 1.16 bits per heavy atom. The average Bonchev–Trinajstić information content (AvgIpc) is 3.21. The third kappa shape index (κ3) is 4.26. The Morgan fingerprint density at radius 3 is 2.62 bits per heavy atom. The number of carbonyl (C=O) groups is 1. The van der Waals surface area contributed by atoms with Gasteiger partial charge in [-0.1, -0.05) is 17.3 Å². The van der Waals surface area contributed by atoms with Crippen molar-refractivity contribution < 1.29 is 22.5 Å². The highest BCUT2D eigenvalue weighted by atomic mass is 32.2. The molecule has 0 aliphatic heterocycles. The van der Waals surface area contributed by atoms with Gasteiger partial charge < -0.3 is 14.6 Å². The number of benzene rings is 2. The quantitative estimate of drug-likeness (QED) is 0.457. The Bertz CT molecular complexity index is 1360. The first-order valence-corrected chi connectivity index (χ1v) is 11.1. The molecule has 0 aliphatic carbocycles. The highest BCUT2D eigenvalue weighted by Crippen LogP contribution is 2.30. The summed E-state index contributed by atoms with van der Waals surface area (Å²) in [5.41, 5.74) is 0.309. The van der Waals surface area contributed by atoms with Crippen LogP contribution < -0.4 is 14.4 Å². The molecule has 0 fully saturated rings. The molecule has 1 amide bonds. The van der Waals surface area contributed by atoms with Crippen LogP contribution in [-0.4, -0.2) is 38.1 Å². The van der Waals surface area contributed by atoms with E-state index in [1.54, 1.807) is 61.7 Å². The Balaban J connectivity index is 1.75. The van der Waals surface area contributed by atoms with E-state index in [1.807, 2.05) is 0 Å². The van der Waals surface area contributed by atoms with Crippen molar-refractivity contribution in [2.75, 3.05) is 23.3 Å². The molecule has 0 radical (unpaired) electrons. The van der Waals surface area contributed by atoms with Crippen LogP contribution in [0.3, 0.4) is 0 Å². The maximum Gasteiger partial charge on any atom is 0.265 e. The van der Waals surface area contributed by atoms with Gasteiger partial charge in [-0.2, -0.15) is 0 Å². The number of pyridine rings is 1. The molecular weight excluding hydrogens is 432 g/mol. The van der Waals surface area contributed by atoms with Gasteiger partial charge in [-0.3, -0.25) is 14.1 Å². The largest absolute Gasteiger partial charge is 0.497 e. The second-order valence-corrected chi connectivity index (χ2v) is 8.76. The zero-order valence-electron chi connectivity index (χ0n) is 17.3. The van der Waals surface area contributed by atoms with Crippen LogP contribution in [0, 0.1) is 6.92 Å². The normalized spacial score (nSPS) is 11.3. The van der Waals surface area contributed by atoms with Crippen molar-refractivity contribution in [1.82, 2.24) is 10.1 Å². The minimum absolute atomic E-state index is 0.0679. The van der Waals surface area contributed by atoms with Crippen LogP contribution in [0.2, 0.25) is 0 Å². The van der Waals surface area contributed by atoms with Crippen LogP contribution in [0.1, 0.15) is 5.76 Å². The highest BCUT2D eigenvalue weighted by Gasteiger charge is 2.29. The molecule has 0 saturated carbocycles. The first kappa shape index (κ1) is 21.3. The number of nitrogens with one attached hydrogen (secondary N) is 1. The van der Waals surface area contributed by atoms with Gasteiger partial charge in [0.15, 0.2) is 5.82 Å². The summed E-state index contributed by atoms with van der Waals surface area (Å²) in [6.07, 6.45) is 3.12. The zero-order valence-corrected chi connectivity index (χ0v) is 18.2. The number of rotatable bonds is 7. The summed E-state index contributed by atoms with van der Waals surface area (Å²) in [5, 5.41) is 7.46. The predicted molar refractivity (Wildman–Crippen MR) is 119 cm³/mol. The minimum atomic E-state index is -4.12.